The minimum absolute atomic E-state index is 0.0388. The Kier molecular flexibility index (Phi) is 8.68. The predicted octanol–water partition coefficient (Wildman–Crippen LogP) is -0.491. The SMILES string of the molecule is NCCN1CCN(CCC(=O)NCC(O)COc2ccccc2)CC1. The fraction of sp³-hybridized carbons (Fsp3) is 0.611. The fourth-order valence-corrected chi connectivity index (χ4v) is 2.77. The van der Waals surface area contributed by atoms with Gasteiger partial charge in [-0.2, -0.15) is 0 Å². The molecule has 1 fully saturated rings. The molecule has 0 spiro atoms. The van der Waals surface area contributed by atoms with Gasteiger partial charge < -0.3 is 25.8 Å². The Morgan fingerprint density at radius 3 is 2.44 bits per heavy atom. The molecular weight excluding hydrogens is 320 g/mol. The smallest absolute Gasteiger partial charge is 0.221 e. The fourth-order valence-electron chi connectivity index (χ4n) is 2.77. The average Bonchev–Trinajstić information content (AvgIpc) is 2.65. The van der Waals surface area contributed by atoms with E-state index in [9.17, 15) is 9.90 Å². The second-order valence-electron chi connectivity index (χ2n) is 6.30. The van der Waals surface area contributed by atoms with E-state index in [1.807, 2.05) is 30.3 Å². The van der Waals surface area contributed by atoms with Gasteiger partial charge in [0.2, 0.25) is 5.91 Å². The van der Waals surface area contributed by atoms with Gasteiger partial charge in [0.25, 0.3) is 0 Å². The van der Waals surface area contributed by atoms with Crippen molar-refractivity contribution in [3.05, 3.63) is 30.3 Å². The molecule has 0 saturated carbocycles. The van der Waals surface area contributed by atoms with Crippen LogP contribution >= 0.6 is 0 Å². The summed E-state index contributed by atoms with van der Waals surface area (Å²) in [7, 11) is 0. The first kappa shape index (κ1) is 19.7. The normalized spacial score (nSPS) is 17.2. The minimum Gasteiger partial charge on any atom is -0.491 e. The van der Waals surface area contributed by atoms with Crippen LogP contribution < -0.4 is 15.8 Å². The summed E-state index contributed by atoms with van der Waals surface area (Å²) in [6.07, 6.45) is -0.271. The van der Waals surface area contributed by atoms with Gasteiger partial charge in [0, 0.05) is 58.8 Å². The van der Waals surface area contributed by atoms with Crippen molar-refractivity contribution >= 4 is 5.91 Å². The van der Waals surface area contributed by atoms with E-state index in [1.54, 1.807) is 0 Å². The predicted molar refractivity (Wildman–Crippen MR) is 97.5 cm³/mol. The molecule has 1 heterocycles. The Bertz CT molecular complexity index is 492. The van der Waals surface area contributed by atoms with Gasteiger partial charge in [-0.25, -0.2) is 0 Å². The lowest BCUT2D eigenvalue weighted by Gasteiger charge is -2.34. The van der Waals surface area contributed by atoms with Crippen LogP contribution in [0.25, 0.3) is 0 Å². The highest BCUT2D eigenvalue weighted by molar-refractivity contribution is 5.76. The second-order valence-corrected chi connectivity index (χ2v) is 6.30. The molecular formula is C18H30N4O3. The molecule has 1 saturated heterocycles. The number of nitrogens with zero attached hydrogens (tertiary/aromatic N) is 2. The Hall–Kier alpha value is -1.67. The van der Waals surface area contributed by atoms with Gasteiger partial charge in [-0.15, -0.1) is 0 Å². The van der Waals surface area contributed by atoms with Crippen molar-refractivity contribution in [1.29, 1.82) is 0 Å². The van der Waals surface area contributed by atoms with E-state index in [0.29, 0.717) is 18.7 Å². The highest BCUT2D eigenvalue weighted by atomic mass is 16.5. The van der Waals surface area contributed by atoms with E-state index >= 15 is 0 Å². The third-order valence-corrected chi connectivity index (χ3v) is 4.29. The molecule has 4 N–H and O–H groups in total. The first-order valence-electron chi connectivity index (χ1n) is 8.95. The quantitative estimate of drug-likeness (QED) is 0.527. The van der Waals surface area contributed by atoms with Crippen molar-refractivity contribution in [2.24, 2.45) is 5.73 Å². The number of nitrogens with one attached hydrogen (secondary N) is 1. The average molecular weight is 350 g/mol. The third kappa shape index (κ3) is 7.83. The zero-order chi connectivity index (χ0) is 17.9. The number of benzene rings is 1. The first-order chi connectivity index (χ1) is 12.2. The van der Waals surface area contributed by atoms with Crippen LogP contribution in [-0.2, 0) is 4.79 Å². The number of hydrogen-bond donors (Lipinski definition) is 3. The Balaban J connectivity index is 1.53. The molecule has 1 amide bonds. The molecule has 1 atom stereocenters. The van der Waals surface area contributed by atoms with Crippen molar-refractivity contribution in [2.75, 3.05) is 59.0 Å². The third-order valence-electron chi connectivity index (χ3n) is 4.29. The summed E-state index contributed by atoms with van der Waals surface area (Å²) in [6.45, 7) is 6.71. The van der Waals surface area contributed by atoms with Crippen molar-refractivity contribution in [2.45, 2.75) is 12.5 Å². The number of piperazine rings is 1. The van der Waals surface area contributed by atoms with Gasteiger partial charge in [-0.3, -0.25) is 9.69 Å². The first-order valence-corrected chi connectivity index (χ1v) is 8.95. The van der Waals surface area contributed by atoms with Gasteiger partial charge in [0.05, 0.1) is 0 Å². The lowest BCUT2D eigenvalue weighted by Crippen LogP contribution is -2.48. The molecule has 1 unspecified atom stereocenters. The van der Waals surface area contributed by atoms with Crippen LogP contribution in [0.15, 0.2) is 30.3 Å². The molecule has 25 heavy (non-hydrogen) atoms. The van der Waals surface area contributed by atoms with E-state index < -0.39 is 6.10 Å². The number of carbonyl (C=O) groups is 1. The number of aliphatic hydroxyl groups is 1. The van der Waals surface area contributed by atoms with Crippen LogP contribution in [0.3, 0.4) is 0 Å². The van der Waals surface area contributed by atoms with Gasteiger partial charge in [-0.1, -0.05) is 18.2 Å². The maximum absolute atomic E-state index is 11.9. The molecule has 2 rings (SSSR count). The van der Waals surface area contributed by atoms with E-state index in [4.69, 9.17) is 10.5 Å². The summed E-state index contributed by atoms with van der Waals surface area (Å²) < 4.78 is 5.46. The lowest BCUT2D eigenvalue weighted by atomic mass is 10.2. The van der Waals surface area contributed by atoms with Crippen molar-refractivity contribution in [1.82, 2.24) is 15.1 Å². The molecule has 0 radical (unpaired) electrons. The Labute approximate surface area is 149 Å². The van der Waals surface area contributed by atoms with E-state index in [1.165, 1.54) is 0 Å². The van der Waals surface area contributed by atoms with Gasteiger partial charge >= 0.3 is 0 Å². The van der Waals surface area contributed by atoms with E-state index in [0.717, 1.165) is 39.3 Å². The van der Waals surface area contributed by atoms with Gasteiger partial charge in [-0.05, 0) is 12.1 Å². The molecule has 7 nitrogen and oxygen atoms in total. The van der Waals surface area contributed by atoms with Crippen molar-refractivity contribution in [3.63, 3.8) is 0 Å². The molecule has 1 aliphatic heterocycles. The number of ether oxygens (including phenoxy) is 1. The summed E-state index contributed by atoms with van der Waals surface area (Å²) in [5, 5.41) is 12.7. The molecule has 1 aromatic rings. The summed E-state index contributed by atoms with van der Waals surface area (Å²) in [5.74, 6) is 0.671. The molecule has 7 heteroatoms. The standard InChI is InChI=1S/C18H30N4O3/c19-7-9-22-12-10-21(11-13-22)8-6-18(24)20-14-16(23)15-25-17-4-2-1-3-5-17/h1-5,16,23H,6-15,19H2,(H,20,24). The van der Waals surface area contributed by atoms with Crippen LogP contribution in [0.4, 0.5) is 0 Å². The van der Waals surface area contributed by atoms with Gasteiger partial charge in [0.15, 0.2) is 0 Å². The van der Waals surface area contributed by atoms with Crippen LogP contribution in [0.2, 0.25) is 0 Å². The number of para-hydroxylation sites is 1. The summed E-state index contributed by atoms with van der Waals surface area (Å²) in [4.78, 5) is 16.6. The zero-order valence-corrected chi connectivity index (χ0v) is 14.8. The number of rotatable bonds is 10. The number of nitrogens with two attached hydrogens (primary N) is 1. The van der Waals surface area contributed by atoms with Crippen molar-refractivity contribution in [3.8, 4) is 5.75 Å². The highest BCUT2D eigenvalue weighted by Crippen LogP contribution is 2.08. The minimum atomic E-state index is -0.719. The molecule has 1 aliphatic rings. The zero-order valence-electron chi connectivity index (χ0n) is 14.8. The van der Waals surface area contributed by atoms with Crippen LogP contribution in [-0.4, -0.2) is 85.9 Å². The monoisotopic (exact) mass is 350 g/mol. The molecule has 140 valence electrons. The van der Waals surface area contributed by atoms with Crippen LogP contribution in [0, 0.1) is 0 Å². The highest BCUT2D eigenvalue weighted by Gasteiger charge is 2.17. The topological polar surface area (TPSA) is 91.1 Å². The number of amides is 1. The van der Waals surface area contributed by atoms with Crippen LogP contribution in [0.5, 0.6) is 5.75 Å². The van der Waals surface area contributed by atoms with E-state index in [2.05, 4.69) is 15.1 Å². The number of aliphatic hydroxyl groups excluding tert-OH is 1. The molecule has 0 aromatic heterocycles. The maximum atomic E-state index is 11.9. The van der Waals surface area contributed by atoms with E-state index in [-0.39, 0.29) is 19.1 Å². The second kappa shape index (κ2) is 11.0. The Morgan fingerprint density at radius 1 is 1.16 bits per heavy atom. The Morgan fingerprint density at radius 2 is 1.80 bits per heavy atom. The largest absolute Gasteiger partial charge is 0.491 e. The maximum Gasteiger partial charge on any atom is 0.221 e. The lowest BCUT2D eigenvalue weighted by molar-refractivity contribution is -0.122. The summed E-state index contributed by atoms with van der Waals surface area (Å²) >= 11 is 0. The van der Waals surface area contributed by atoms with Crippen molar-refractivity contribution < 1.29 is 14.6 Å². The molecule has 0 aliphatic carbocycles. The number of hydrogen-bond acceptors (Lipinski definition) is 6. The summed E-state index contributed by atoms with van der Waals surface area (Å²) in [6, 6.07) is 9.32. The van der Waals surface area contributed by atoms with Gasteiger partial charge in [0.1, 0.15) is 18.5 Å². The van der Waals surface area contributed by atoms with Crippen LogP contribution in [0.1, 0.15) is 6.42 Å². The summed E-state index contributed by atoms with van der Waals surface area (Å²) in [5.41, 5.74) is 5.57. The number of carbonyl (C=O) groups excluding carboxylic acids is 1. The molecule has 1 aromatic carbocycles. The molecule has 0 bridgehead atoms.